The SMILES string of the molecule is COCCCN1CCC[C@@H]1c1ccc2c(c1)OCCO2. The molecule has 110 valence electrons. The molecule has 2 heterocycles. The summed E-state index contributed by atoms with van der Waals surface area (Å²) in [6.45, 7) is 4.43. The molecule has 1 saturated heterocycles. The maximum atomic E-state index is 5.69. The average molecular weight is 277 g/mol. The number of rotatable bonds is 5. The van der Waals surface area contributed by atoms with E-state index in [0.29, 0.717) is 19.3 Å². The van der Waals surface area contributed by atoms with Gasteiger partial charge in [0.05, 0.1) is 0 Å². The Kier molecular flexibility index (Phi) is 4.43. The van der Waals surface area contributed by atoms with E-state index in [1.165, 1.54) is 24.9 Å². The number of hydrogen-bond acceptors (Lipinski definition) is 4. The van der Waals surface area contributed by atoms with Crippen molar-refractivity contribution in [2.24, 2.45) is 0 Å². The van der Waals surface area contributed by atoms with E-state index in [9.17, 15) is 0 Å². The fourth-order valence-electron chi connectivity index (χ4n) is 3.15. The lowest BCUT2D eigenvalue weighted by molar-refractivity contribution is 0.164. The lowest BCUT2D eigenvalue weighted by atomic mass is 10.0. The zero-order chi connectivity index (χ0) is 13.8. The van der Waals surface area contributed by atoms with Crippen molar-refractivity contribution in [1.29, 1.82) is 0 Å². The molecule has 0 unspecified atom stereocenters. The molecular weight excluding hydrogens is 254 g/mol. The highest BCUT2D eigenvalue weighted by molar-refractivity contribution is 5.44. The number of benzene rings is 1. The van der Waals surface area contributed by atoms with Crippen LogP contribution in [0.2, 0.25) is 0 Å². The van der Waals surface area contributed by atoms with Crippen LogP contribution < -0.4 is 9.47 Å². The maximum absolute atomic E-state index is 5.69. The summed E-state index contributed by atoms with van der Waals surface area (Å²) in [7, 11) is 1.77. The second-order valence-electron chi connectivity index (χ2n) is 5.44. The summed E-state index contributed by atoms with van der Waals surface area (Å²) < 4.78 is 16.4. The molecule has 0 amide bonds. The highest BCUT2D eigenvalue weighted by Gasteiger charge is 2.26. The van der Waals surface area contributed by atoms with Crippen LogP contribution in [-0.2, 0) is 4.74 Å². The Morgan fingerprint density at radius 1 is 1.25 bits per heavy atom. The zero-order valence-corrected chi connectivity index (χ0v) is 12.1. The fraction of sp³-hybridized carbons (Fsp3) is 0.625. The van der Waals surface area contributed by atoms with Crippen LogP contribution in [0.5, 0.6) is 11.5 Å². The van der Waals surface area contributed by atoms with Crippen molar-refractivity contribution in [1.82, 2.24) is 4.90 Å². The Bertz CT molecular complexity index is 449. The first kappa shape index (κ1) is 13.7. The van der Waals surface area contributed by atoms with Crippen LogP contribution in [0, 0.1) is 0 Å². The van der Waals surface area contributed by atoms with E-state index < -0.39 is 0 Å². The lowest BCUT2D eigenvalue weighted by Crippen LogP contribution is -2.25. The topological polar surface area (TPSA) is 30.9 Å². The molecule has 2 aliphatic heterocycles. The summed E-state index contributed by atoms with van der Waals surface area (Å²) in [5.74, 6) is 1.78. The number of ether oxygens (including phenoxy) is 3. The quantitative estimate of drug-likeness (QED) is 0.774. The molecule has 0 aliphatic carbocycles. The first-order valence-electron chi connectivity index (χ1n) is 7.51. The molecule has 0 N–H and O–H groups in total. The second-order valence-corrected chi connectivity index (χ2v) is 5.44. The van der Waals surface area contributed by atoms with Crippen LogP contribution in [0.4, 0.5) is 0 Å². The van der Waals surface area contributed by atoms with E-state index >= 15 is 0 Å². The summed E-state index contributed by atoms with van der Waals surface area (Å²) in [5, 5.41) is 0. The normalized spacial score (nSPS) is 22.1. The minimum absolute atomic E-state index is 0.516. The standard InChI is InChI=1S/C16H23NO3/c1-18-9-3-8-17-7-2-4-14(17)13-5-6-15-16(12-13)20-11-10-19-15/h5-6,12,14H,2-4,7-11H2,1H3/t14-/m1/s1. The summed E-state index contributed by atoms with van der Waals surface area (Å²) in [4.78, 5) is 2.56. The summed E-state index contributed by atoms with van der Waals surface area (Å²) >= 11 is 0. The highest BCUT2D eigenvalue weighted by atomic mass is 16.6. The average Bonchev–Trinajstić information content (AvgIpc) is 2.95. The molecule has 3 rings (SSSR count). The Morgan fingerprint density at radius 2 is 2.10 bits per heavy atom. The van der Waals surface area contributed by atoms with Gasteiger partial charge in [-0.15, -0.1) is 0 Å². The van der Waals surface area contributed by atoms with Crippen molar-refractivity contribution in [3.8, 4) is 11.5 Å². The highest BCUT2D eigenvalue weighted by Crippen LogP contribution is 2.37. The zero-order valence-electron chi connectivity index (χ0n) is 12.1. The van der Waals surface area contributed by atoms with Gasteiger partial charge in [0, 0.05) is 26.3 Å². The summed E-state index contributed by atoms with van der Waals surface area (Å²) in [6.07, 6.45) is 3.59. The number of fused-ring (bicyclic) bond motifs is 1. The van der Waals surface area contributed by atoms with Gasteiger partial charge < -0.3 is 14.2 Å². The van der Waals surface area contributed by atoms with Crippen LogP contribution in [0.15, 0.2) is 18.2 Å². The third kappa shape index (κ3) is 2.91. The van der Waals surface area contributed by atoms with Gasteiger partial charge in [-0.2, -0.15) is 0 Å². The minimum Gasteiger partial charge on any atom is -0.486 e. The smallest absolute Gasteiger partial charge is 0.161 e. The van der Waals surface area contributed by atoms with Gasteiger partial charge in [-0.05, 0) is 43.5 Å². The number of likely N-dealkylation sites (tertiary alicyclic amines) is 1. The van der Waals surface area contributed by atoms with Gasteiger partial charge in [0.15, 0.2) is 11.5 Å². The molecule has 2 aliphatic rings. The summed E-state index contributed by atoms with van der Waals surface area (Å²) in [5.41, 5.74) is 1.35. The first-order valence-corrected chi connectivity index (χ1v) is 7.51. The van der Waals surface area contributed by atoms with Crippen LogP contribution in [0.1, 0.15) is 30.9 Å². The molecule has 1 aromatic carbocycles. The first-order chi connectivity index (χ1) is 9.88. The third-order valence-electron chi connectivity index (χ3n) is 4.11. The van der Waals surface area contributed by atoms with Crippen molar-refractivity contribution in [3.05, 3.63) is 23.8 Å². The molecule has 4 heteroatoms. The molecule has 1 atom stereocenters. The van der Waals surface area contributed by atoms with Crippen molar-refractivity contribution >= 4 is 0 Å². The van der Waals surface area contributed by atoms with Gasteiger partial charge in [-0.1, -0.05) is 6.07 Å². The molecule has 1 fully saturated rings. The molecule has 0 aromatic heterocycles. The molecule has 4 nitrogen and oxygen atoms in total. The van der Waals surface area contributed by atoms with E-state index in [4.69, 9.17) is 14.2 Å². The van der Waals surface area contributed by atoms with Crippen molar-refractivity contribution in [2.75, 3.05) is 40.0 Å². The fourth-order valence-corrected chi connectivity index (χ4v) is 3.15. The minimum atomic E-state index is 0.516. The Hall–Kier alpha value is -1.26. The van der Waals surface area contributed by atoms with E-state index in [1.807, 2.05) is 0 Å². The number of hydrogen-bond donors (Lipinski definition) is 0. The van der Waals surface area contributed by atoms with Gasteiger partial charge in [-0.25, -0.2) is 0 Å². The van der Waals surface area contributed by atoms with Crippen LogP contribution in [0.3, 0.4) is 0 Å². The monoisotopic (exact) mass is 277 g/mol. The number of nitrogens with zero attached hydrogens (tertiary/aromatic N) is 1. The van der Waals surface area contributed by atoms with E-state index in [1.54, 1.807) is 7.11 Å². The molecule has 0 saturated carbocycles. The van der Waals surface area contributed by atoms with Gasteiger partial charge in [-0.3, -0.25) is 4.90 Å². The van der Waals surface area contributed by atoms with E-state index in [2.05, 4.69) is 23.1 Å². The lowest BCUT2D eigenvalue weighted by Gasteiger charge is -2.26. The second kappa shape index (κ2) is 6.46. The molecule has 0 bridgehead atoms. The van der Waals surface area contributed by atoms with Crippen molar-refractivity contribution < 1.29 is 14.2 Å². The van der Waals surface area contributed by atoms with E-state index in [-0.39, 0.29) is 0 Å². The van der Waals surface area contributed by atoms with Gasteiger partial charge in [0.2, 0.25) is 0 Å². The largest absolute Gasteiger partial charge is 0.486 e. The Morgan fingerprint density at radius 3 is 2.95 bits per heavy atom. The Balaban J connectivity index is 1.70. The van der Waals surface area contributed by atoms with Crippen molar-refractivity contribution in [3.63, 3.8) is 0 Å². The molecular formula is C16H23NO3. The van der Waals surface area contributed by atoms with Gasteiger partial charge in [0.1, 0.15) is 13.2 Å². The van der Waals surface area contributed by atoms with Crippen LogP contribution >= 0.6 is 0 Å². The summed E-state index contributed by atoms with van der Waals surface area (Å²) in [6, 6.07) is 6.92. The van der Waals surface area contributed by atoms with Crippen LogP contribution in [0.25, 0.3) is 0 Å². The Labute approximate surface area is 120 Å². The molecule has 1 aromatic rings. The van der Waals surface area contributed by atoms with Crippen molar-refractivity contribution in [2.45, 2.75) is 25.3 Å². The third-order valence-corrected chi connectivity index (χ3v) is 4.11. The van der Waals surface area contributed by atoms with Gasteiger partial charge >= 0.3 is 0 Å². The molecule has 20 heavy (non-hydrogen) atoms. The molecule has 0 spiro atoms. The van der Waals surface area contributed by atoms with Crippen LogP contribution in [-0.4, -0.2) is 44.9 Å². The predicted molar refractivity (Wildman–Crippen MR) is 77.5 cm³/mol. The molecule has 0 radical (unpaired) electrons. The predicted octanol–water partition coefficient (Wildman–Crippen LogP) is 2.63. The van der Waals surface area contributed by atoms with E-state index in [0.717, 1.165) is 31.1 Å². The number of methoxy groups -OCH3 is 1. The van der Waals surface area contributed by atoms with Gasteiger partial charge in [0.25, 0.3) is 0 Å². The maximum Gasteiger partial charge on any atom is 0.161 e.